The van der Waals surface area contributed by atoms with Crippen molar-refractivity contribution < 1.29 is 14.4 Å². The molecule has 0 spiro atoms. The summed E-state index contributed by atoms with van der Waals surface area (Å²) >= 11 is 0. The van der Waals surface area contributed by atoms with Crippen LogP contribution in [0.3, 0.4) is 0 Å². The van der Waals surface area contributed by atoms with Gasteiger partial charge in [0.2, 0.25) is 0 Å². The second-order valence-corrected chi connectivity index (χ2v) is 7.15. The molecule has 3 heterocycles. The SMILES string of the molecule is O=C([C@@H]1C[C@@H]2CCN(Cc3ccccc3)C[C@H]2O1)N1CCCCO1. The smallest absolute Gasteiger partial charge is 0.275 e. The van der Waals surface area contributed by atoms with Crippen LogP contribution in [0, 0.1) is 5.92 Å². The van der Waals surface area contributed by atoms with E-state index in [1.165, 1.54) is 10.6 Å². The molecule has 0 unspecified atom stereocenters. The third kappa shape index (κ3) is 3.48. The van der Waals surface area contributed by atoms with Gasteiger partial charge in [0.05, 0.1) is 12.7 Å². The summed E-state index contributed by atoms with van der Waals surface area (Å²) in [5.74, 6) is 0.537. The maximum atomic E-state index is 12.6. The molecule has 0 aromatic heterocycles. The first-order valence-electron chi connectivity index (χ1n) is 9.15. The van der Waals surface area contributed by atoms with Crippen molar-refractivity contribution in [2.75, 3.05) is 26.2 Å². The largest absolute Gasteiger partial charge is 0.363 e. The Balaban J connectivity index is 1.33. The van der Waals surface area contributed by atoms with Crippen LogP contribution in [0.25, 0.3) is 0 Å². The first-order chi connectivity index (χ1) is 11.8. The van der Waals surface area contributed by atoms with Crippen LogP contribution in [0.2, 0.25) is 0 Å². The molecular weight excluding hydrogens is 304 g/mol. The van der Waals surface area contributed by atoms with Gasteiger partial charge in [-0.05, 0) is 43.7 Å². The summed E-state index contributed by atoms with van der Waals surface area (Å²) < 4.78 is 6.14. The van der Waals surface area contributed by atoms with E-state index >= 15 is 0 Å². The molecule has 3 atom stereocenters. The van der Waals surface area contributed by atoms with E-state index in [-0.39, 0.29) is 18.1 Å². The molecule has 24 heavy (non-hydrogen) atoms. The fourth-order valence-corrected chi connectivity index (χ4v) is 4.07. The maximum Gasteiger partial charge on any atom is 0.275 e. The molecule has 0 aliphatic carbocycles. The van der Waals surface area contributed by atoms with E-state index in [1.807, 2.05) is 0 Å². The highest BCUT2D eigenvalue weighted by Gasteiger charge is 2.43. The van der Waals surface area contributed by atoms with Crippen molar-refractivity contribution in [3.8, 4) is 0 Å². The van der Waals surface area contributed by atoms with Crippen LogP contribution in [0.4, 0.5) is 0 Å². The van der Waals surface area contributed by atoms with Gasteiger partial charge in [0, 0.05) is 19.6 Å². The summed E-state index contributed by atoms with van der Waals surface area (Å²) in [6.07, 6.45) is 3.89. The van der Waals surface area contributed by atoms with Crippen molar-refractivity contribution in [2.45, 2.75) is 44.4 Å². The first-order valence-corrected chi connectivity index (χ1v) is 9.15. The average molecular weight is 330 g/mol. The summed E-state index contributed by atoms with van der Waals surface area (Å²) in [4.78, 5) is 20.5. The Morgan fingerprint density at radius 1 is 1.17 bits per heavy atom. The van der Waals surface area contributed by atoms with Crippen molar-refractivity contribution in [3.63, 3.8) is 0 Å². The van der Waals surface area contributed by atoms with E-state index in [0.29, 0.717) is 19.1 Å². The van der Waals surface area contributed by atoms with Gasteiger partial charge in [-0.1, -0.05) is 30.3 Å². The number of nitrogens with zero attached hydrogens (tertiary/aromatic N) is 2. The van der Waals surface area contributed by atoms with E-state index in [9.17, 15) is 4.79 Å². The number of piperidine rings is 1. The zero-order chi connectivity index (χ0) is 16.4. The fraction of sp³-hybridized carbons (Fsp3) is 0.632. The van der Waals surface area contributed by atoms with Gasteiger partial charge in [0.25, 0.3) is 5.91 Å². The molecule has 0 bridgehead atoms. The first kappa shape index (κ1) is 16.1. The van der Waals surface area contributed by atoms with Crippen LogP contribution in [0.15, 0.2) is 30.3 Å². The summed E-state index contributed by atoms with van der Waals surface area (Å²) in [5, 5.41) is 1.53. The van der Waals surface area contributed by atoms with Crippen LogP contribution in [-0.2, 0) is 20.9 Å². The molecule has 4 rings (SSSR count). The summed E-state index contributed by atoms with van der Waals surface area (Å²) in [5.41, 5.74) is 1.34. The Kier molecular flexibility index (Phi) is 4.83. The number of amides is 1. The number of rotatable bonds is 3. The quantitative estimate of drug-likeness (QED) is 0.852. The van der Waals surface area contributed by atoms with Gasteiger partial charge >= 0.3 is 0 Å². The Morgan fingerprint density at radius 3 is 2.83 bits per heavy atom. The lowest BCUT2D eigenvalue weighted by Crippen LogP contribution is -2.43. The van der Waals surface area contributed by atoms with Gasteiger partial charge in [-0.15, -0.1) is 0 Å². The number of carbonyl (C=O) groups is 1. The topological polar surface area (TPSA) is 42.0 Å². The summed E-state index contributed by atoms with van der Waals surface area (Å²) in [6.45, 7) is 4.32. The number of hydrogen-bond donors (Lipinski definition) is 0. The molecule has 3 aliphatic heterocycles. The van der Waals surface area contributed by atoms with Gasteiger partial charge in [0.1, 0.15) is 6.10 Å². The Morgan fingerprint density at radius 2 is 2.04 bits per heavy atom. The minimum atomic E-state index is -0.310. The highest BCUT2D eigenvalue weighted by molar-refractivity contribution is 5.80. The van der Waals surface area contributed by atoms with Crippen LogP contribution in [0.1, 0.15) is 31.2 Å². The number of ether oxygens (including phenoxy) is 1. The van der Waals surface area contributed by atoms with Crippen LogP contribution < -0.4 is 0 Å². The van der Waals surface area contributed by atoms with Crippen LogP contribution >= 0.6 is 0 Å². The Hall–Kier alpha value is -1.43. The predicted molar refractivity (Wildman–Crippen MR) is 90.0 cm³/mol. The molecule has 130 valence electrons. The van der Waals surface area contributed by atoms with E-state index in [2.05, 4.69) is 35.2 Å². The molecule has 0 radical (unpaired) electrons. The highest BCUT2D eigenvalue weighted by Crippen LogP contribution is 2.34. The average Bonchev–Trinajstić information content (AvgIpc) is 3.06. The molecule has 3 aliphatic rings. The Bertz CT molecular complexity index is 559. The molecule has 0 saturated carbocycles. The van der Waals surface area contributed by atoms with E-state index < -0.39 is 0 Å². The van der Waals surface area contributed by atoms with Crippen LogP contribution in [0.5, 0.6) is 0 Å². The molecule has 3 saturated heterocycles. The van der Waals surface area contributed by atoms with E-state index in [4.69, 9.17) is 9.57 Å². The van der Waals surface area contributed by atoms with Gasteiger partial charge in [-0.3, -0.25) is 14.5 Å². The second-order valence-electron chi connectivity index (χ2n) is 7.15. The highest BCUT2D eigenvalue weighted by atomic mass is 16.7. The molecule has 3 fully saturated rings. The minimum Gasteiger partial charge on any atom is -0.363 e. The third-order valence-corrected chi connectivity index (χ3v) is 5.41. The third-order valence-electron chi connectivity index (χ3n) is 5.41. The number of carbonyl (C=O) groups excluding carboxylic acids is 1. The maximum absolute atomic E-state index is 12.6. The molecule has 5 nitrogen and oxygen atoms in total. The van der Waals surface area contributed by atoms with Crippen LogP contribution in [-0.4, -0.2) is 54.3 Å². The van der Waals surface area contributed by atoms with E-state index in [1.54, 1.807) is 0 Å². The number of fused-ring (bicyclic) bond motifs is 1. The number of likely N-dealkylation sites (tertiary alicyclic amines) is 1. The monoisotopic (exact) mass is 330 g/mol. The summed E-state index contributed by atoms with van der Waals surface area (Å²) in [7, 11) is 0. The van der Waals surface area contributed by atoms with Crippen molar-refractivity contribution >= 4 is 5.91 Å². The van der Waals surface area contributed by atoms with Crippen molar-refractivity contribution in [3.05, 3.63) is 35.9 Å². The molecule has 1 amide bonds. The van der Waals surface area contributed by atoms with Gasteiger partial charge in [-0.25, -0.2) is 5.06 Å². The lowest BCUT2D eigenvalue weighted by Gasteiger charge is -2.34. The second kappa shape index (κ2) is 7.21. The number of hydrogen-bond acceptors (Lipinski definition) is 4. The summed E-state index contributed by atoms with van der Waals surface area (Å²) in [6, 6.07) is 10.6. The molecule has 1 aromatic carbocycles. The number of benzene rings is 1. The molecule has 5 heteroatoms. The van der Waals surface area contributed by atoms with E-state index in [0.717, 1.165) is 45.3 Å². The van der Waals surface area contributed by atoms with Crippen molar-refractivity contribution in [2.24, 2.45) is 5.92 Å². The lowest BCUT2D eigenvalue weighted by molar-refractivity contribution is -0.206. The number of hydroxylamine groups is 2. The van der Waals surface area contributed by atoms with Crippen molar-refractivity contribution in [1.29, 1.82) is 0 Å². The zero-order valence-corrected chi connectivity index (χ0v) is 14.1. The molecule has 1 aromatic rings. The molecule has 0 N–H and O–H groups in total. The molecular formula is C19H26N2O3. The van der Waals surface area contributed by atoms with Crippen molar-refractivity contribution in [1.82, 2.24) is 9.96 Å². The standard InChI is InChI=1S/C19H26N2O3/c22-19(21-9-4-5-11-23-21)17-12-16-8-10-20(14-18(16)24-17)13-15-6-2-1-3-7-15/h1-3,6-7,16-18H,4-5,8-14H2/t16-,17-,18+/m0/s1. The van der Waals surface area contributed by atoms with Gasteiger partial charge < -0.3 is 4.74 Å². The fourth-order valence-electron chi connectivity index (χ4n) is 4.07. The van der Waals surface area contributed by atoms with Gasteiger partial charge in [-0.2, -0.15) is 0 Å². The normalized spacial score (nSPS) is 31.0. The lowest BCUT2D eigenvalue weighted by atomic mass is 9.91. The minimum absolute atomic E-state index is 0.0266. The Labute approximate surface area is 143 Å². The zero-order valence-electron chi connectivity index (χ0n) is 14.1. The van der Waals surface area contributed by atoms with Gasteiger partial charge in [0.15, 0.2) is 0 Å². The predicted octanol–water partition coefficient (Wildman–Crippen LogP) is 2.22.